The van der Waals surface area contributed by atoms with E-state index in [1.165, 1.54) is 19.3 Å². The Morgan fingerprint density at radius 1 is 1.43 bits per heavy atom. The van der Waals surface area contributed by atoms with E-state index in [1.54, 1.807) is 0 Å². The number of carboxylic acid groups (broad SMARTS) is 1. The van der Waals surface area contributed by atoms with Crippen molar-refractivity contribution in [1.29, 1.82) is 0 Å². The van der Waals surface area contributed by atoms with Gasteiger partial charge in [0.25, 0.3) is 0 Å². The minimum absolute atomic E-state index is 0.422. The monoisotopic (exact) mass is 219 g/mol. The number of carbonyl (C=O) groups is 1. The van der Waals surface area contributed by atoms with Crippen LogP contribution in [0.5, 0.6) is 0 Å². The van der Waals surface area contributed by atoms with Gasteiger partial charge in [0, 0.05) is 0 Å². The van der Waals surface area contributed by atoms with Gasteiger partial charge in [-0.2, -0.15) is 12.6 Å². The molecule has 0 rings (SSSR count). The molecule has 0 aromatic rings. The third-order valence-electron chi connectivity index (χ3n) is 2.14. The second-order valence-corrected chi connectivity index (χ2v) is 3.87. The Labute approximate surface area is 91.7 Å². The third-order valence-corrected chi connectivity index (χ3v) is 2.40. The van der Waals surface area contributed by atoms with Gasteiger partial charge in [0.1, 0.15) is 6.04 Å². The smallest absolute Gasteiger partial charge is 0.320 e. The molecule has 0 saturated heterocycles. The number of carboxylic acids is 1. The lowest BCUT2D eigenvalue weighted by Gasteiger charge is -2.12. The molecule has 0 aliphatic carbocycles. The van der Waals surface area contributed by atoms with Crippen LogP contribution in [0.2, 0.25) is 0 Å². The fourth-order valence-electron chi connectivity index (χ4n) is 1.27. The van der Waals surface area contributed by atoms with Crippen molar-refractivity contribution in [3.63, 3.8) is 0 Å². The Kier molecular flexibility index (Phi) is 9.19. The van der Waals surface area contributed by atoms with Gasteiger partial charge in [0.05, 0.1) is 0 Å². The Balaban J connectivity index is 3.46. The summed E-state index contributed by atoms with van der Waals surface area (Å²) in [4.78, 5) is 10.7. The Bertz CT molecular complexity index is 153. The van der Waals surface area contributed by atoms with E-state index >= 15 is 0 Å². The summed E-state index contributed by atoms with van der Waals surface area (Å²) >= 11 is 4.03. The van der Waals surface area contributed by atoms with Crippen molar-refractivity contribution in [3.05, 3.63) is 0 Å². The zero-order valence-corrected chi connectivity index (χ0v) is 9.72. The minimum Gasteiger partial charge on any atom is -0.480 e. The van der Waals surface area contributed by atoms with Crippen LogP contribution in [-0.4, -0.2) is 29.4 Å². The summed E-state index contributed by atoms with van der Waals surface area (Å²) < 4.78 is 0. The molecule has 2 N–H and O–H groups in total. The van der Waals surface area contributed by atoms with Crippen molar-refractivity contribution in [2.45, 2.75) is 45.1 Å². The average Bonchev–Trinajstić information content (AvgIpc) is 2.15. The van der Waals surface area contributed by atoms with E-state index in [0.717, 1.165) is 13.0 Å². The van der Waals surface area contributed by atoms with Crippen molar-refractivity contribution >= 4 is 18.6 Å². The maximum atomic E-state index is 10.7. The molecule has 0 bridgehead atoms. The highest BCUT2D eigenvalue weighted by molar-refractivity contribution is 7.80. The summed E-state index contributed by atoms with van der Waals surface area (Å²) in [6, 6.07) is -0.422. The van der Waals surface area contributed by atoms with Gasteiger partial charge in [0.2, 0.25) is 0 Å². The fraction of sp³-hybridized carbons (Fsp3) is 0.900. The van der Waals surface area contributed by atoms with Gasteiger partial charge < -0.3 is 10.4 Å². The van der Waals surface area contributed by atoms with Gasteiger partial charge in [-0.1, -0.05) is 26.2 Å². The van der Waals surface area contributed by atoms with Crippen LogP contribution in [0.15, 0.2) is 0 Å². The number of hydrogen-bond donors (Lipinski definition) is 3. The number of thiol groups is 1. The van der Waals surface area contributed by atoms with E-state index in [0.29, 0.717) is 12.2 Å². The standard InChI is InChI=1S/C10H21NO2S/c1-2-3-4-5-7-11-9(6-8-14)10(12)13/h9,11,14H,2-8H2,1H3,(H,12,13)/t9-/m0/s1. The number of nitrogens with one attached hydrogen (secondary N) is 1. The van der Waals surface area contributed by atoms with Crippen LogP contribution in [0, 0.1) is 0 Å². The largest absolute Gasteiger partial charge is 0.480 e. The van der Waals surface area contributed by atoms with Crippen LogP contribution in [0.1, 0.15) is 39.0 Å². The van der Waals surface area contributed by atoms with Crippen molar-refractivity contribution in [1.82, 2.24) is 5.32 Å². The molecule has 0 aromatic carbocycles. The van der Waals surface area contributed by atoms with Crippen molar-refractivity contribution < 1.29 is 9.90 Å². The van der Waals surface area contributed by atoms with Gasteiger partial charge >= 0.3 is 5.97 Å². The predicted molar refractivity (Wildman–Crippen MR) is 62.0 cm³/mol. The molecular weight excluding hydrogens is 198 g/mol. The van der Waals surface area contributed by atoms with Crippen LogP contribution in [0.25, 0.3) is 0 Å². The molecule has 0 aliphatic rings. The molecule has 0 unspecified atom stereocenters. The first-order valence-corrected chi connectivity index (χ1v) is 5.92. The number of aliphatic carboxylic acids is 1. The van der Waals surface area contributed by atoms with Gasteiger partial charge in [-0.15, -0.1) is 0 Å². The highest BCUT2D eigenvalue weighted by Crippen LogP contribution is 1.99. The summed E-state index contributed by atoms with van der Waals surface area (Å²) in [7, 11) is 0. The topological polar surface area (TPSA) is 49.3 Å². The second-order valence-electron chi connectivity index (χ2n) is 3.42. The summed E-state index contributed by atoms with van der Waals surface area (Å²) in [6.45, 7) is 2.96. The SMILES string of the molecule is CCCCCCN[C@@H](CCS)C(=O)O. The summed E-state index contributed by atoms with van der Waals surface area (Å²) in [5, 5.41) is 11.8. The molecular formula is C10H21NO2S. The molecule has 0 fully saturated rings. The van der Waals surface area contributed by atoms with Gasteiger partial charge in [-0.05, 0) is 25.1 Å². The molecule has 0 heterocycles. The molecule has 84 valence electrons. The number of unbranched alkanes of at least 4 members (excludes halogenated alkanes) is 3. The van der Waals surface area contributed by atoms with Crippen LogP contribution in [0.3, 0.4) is 0 Å². The molecule has 0 radical (unpaired) electrons. The van der Waals surface area contributed by atoms with Gasteiger partial charge in [-0.25, -0.2) is 0 Å². The predicted octanol–water partition coefficient (Wildman–Crippen LogP) is 1.93. The van der Waals surface area contributed by atoms with Gasteiger partial charge in [0.15, 0.2) is 0 Å². The van der Waals surface area contributed by atoms with Crippen LogP contribution in [-0.2, 0) is 4.79 Å². The zero-order chi connectivity index (χ0) is 10.8. The molecule has 1 atom stereocenters. The quantitative estimate of drug-likeness (QED) is 0.410. The van der Waals surface area contributed by atoms with Crippen LogP contribution in [0.4, 0.5) is 0 Å². The van der Waals surface area contributed by atoms with Crippen molar-refractivity contribution in [2.24, 2.45) is 0 Å². The minimum atomic E-state index is -0.769. The van der Waals surface area contributed by atoms with E-state index in [-0.39, 0.29) is 0 Å². The second kappa shape index (κ2) is 9.34. The first kappa shape index (κ1) is 13.8. The Hall–Kier alpha value is -0.220. The van der Waals surface area contributed by atoms with Crippen molar-refractivity contribution in [2.75, 3.05) is 12.3 Å². The molecule has 0 amide bonds. The van der Waals surface area contributed by atoms with E-state index in [4.69, 9.17) is 5.11 Å². The first-order chi connectivity index (χ1) is 6.72. The average molecular weight is 219 g/mol. The van der Waals surface area contributed by atoms with E-state index < -0.39 is 12.0 Å². The molecule has 0 aliphatic heterocycles. The van der Waals surface area contributed by atoms with E-state index in [2.05, 4.69) is 24.9 Å². The third kappa shape index (κ3) is 7.21. The lowest BCUT2D eigenvalue weighted by Crippen LogP contribution is -2.37. The van der Waals surface area contributed by atoms with E-state index in [1.807, 2.05) is 0 Å². The van der Waals surface area contributed by atoms with E-state index in [9.17, 15) is 4.79 Å². The van der Waals surface area contributed by atoms with Crippen molar-refractivity contribution in [3.8, 4) is 0 Å². The highest BCUT2D eigenvalue weighted by atomic mass is 32.1. The van der Waals surface area contributed by atoms with Gasteiger partial charge in [-0.3, -0.25) is 4.79 Å². The summed E-state index contributed by atoms with van der Waals surface area (Å²) in [6.07, 6.45) is 5.26. The fourth-order valence-corrected chi connectivity index (χ4v) is 1.53. The normalized spacial score (nSPS) is 12.7. The van der Waals surface area contributed by atoms with Crippen LogP contribution >= 0.6 is 12.6 Å². The Morgan fingerprint density at radius 3 is 2.64 bits per heavy atom. The highest BCUT2D eigenvalue weighted by Gasteiger charge is 2.14. The maximum Gasteiger partial charge on any atom is 0.320 e. The maximum absolute atomic E-state index is 10.7. The first-order valence-electron chi connectivity index (χ1n) is 5.29. The molecule has 0 aromatic heterocycles. The zero-order valence-electron chi connectivity index (χ0n) is 8.83. The lowest BCUT2D eigenvalue weighted by molar-refractivity contribution is -0.139. The molecule has 0 saturated carbocycles. The molecule has 0 spiro atoms. The Morgan fingerprint density at radius 2 is 2.14 bits per heavy atom. The summed E-state index contributed by atoms with van der Waals surface area (Å²) in [5.41, 5.74) is 0. The lowest BCUT2D eigenvalue weighted by atomic mass is 10.2. The molecule has 4 heteroatoms. The molecule has 3 nitrogen and oxygen atoms in total. The summed E-state index contributed by atoms with van der Waals surface area (Å²) in [5.74, 6) is -0.159. The van der Waals surface area contributed by atoms with Crippen LogP contribution < -0.4 is 5.32 Å². The number of rotatable bonds is 9. The molecule has 14 heavy (non-hydrogen) atoms. The number of hydrogen-bond acceptors (Lipinski definition) is 3.